The molecule has 0 aromatic rings. The van der Waals surface area contributed by atoms with Crippen molar-refractivity contribution >= 4 is 0 Å². The highest BCUT2D eigenvalue weighted by atomic mass is 14.4. The van der Waals surface area contributed by atoms with Gasteiger partial charge in [0.25, 0.3) is 0 Å². The Labute approximate surface area is 188 Å². The second kappa shape index (κ2) is 10.7. The summed E-state index contributed by atoms with van der Waals surface area (Å²) in [6.45, 7) is 0. The lowest BCUT2D eigenvalue weighted by molar-refractivity contribution is 0.0571. The van der Waals surface area contributed by atoms with Crippen molar-refractivity contribution in [2.75, 3.05) is 0 Å². The summed E-state index contributed by atoms with van der Waals surface area (Å²) in [7, 11) is 0. The van der Waals surface area contributed by atoms with Gasteiger partial charge in [0, 0.05) is 0 Å². The smallest absolute Gasteiger partial charge is 0.0383 e. The molecule has 30 heavy (non-hydrogen) atoms. The predicted molar refractivity (Wildman–Crippen MR) is 129 cm³/mol. The molecule has 0 aliphatic heterocycles. The van der Waals surface area contributed by atoms with Crippen LogP contribution in [0.5, 0.6) is 0 Å². The SMILES string of the molecule is C1CCC(CCCC2CCC(C3CCCC(C4CCC5CCCCC5C4)C3)CC2)C1. The molecule has 0 N–H and O–H groups in total. The molecular weight excluding hydrogens is 360 g/mol. The lowest BCUT2D eigenvalue weighted by Gasteiger charge is -2.45. The number of rotatable bonds is 6. The van der Waals surface area contributed by atoms with Crippen molar-refractivity contribution < 1.29 is 0 Å². The highest BCUT2D eigenvalue weighted by molar-refractivity contribution is 4.90. The van der Waals surface area contributed by atoms with Gasteiger partial charge in [-0.05, 0) is 85.9 Å². The van der Waals surface area contributed by atoms with E-state index in [0.717, 1.165) is 47.3 Å². The molecule has 0 heterocycles. The first-order valence-corrected chi connectivity index (χ1v) is 14.8. The van der Waals surface area contributed by atoms with Crippen LogP contribution in [0.4, 0.5) is 0 Å². The van der Waals surface area contributed by atoms with Crippen LogP contribution >= 0.6 is 0 Å². The van der Waals surface area contributed by atoms with Gasteiger partial charge < -0.3 is 0 Å². The minimum Gasteiger partial charge on any atom is -0.0530 e. The van der Waals surface area contributed by atoms with Crippen molar-refractivity contribution in [2.45, 2.75) is 141 Å². The summed E-state index contributed by atoms with van der Waals surface area (Å²) in [4.78, 5) is 0. The standard InChI is InChI=1S/C30H52/c1-2-8-23(7-1)9-5-10-24-15-17-26(18-16-24)28-13-6-14-29(21-28)30-20-19-25-11-3-4-12-27(25)22-30/h23-30H,1-22H2. The van der Waals surface area contributed by atoms with Gasteiger partial charge in [0.1, 0.15) is 0 Å². The van der Waals surface area contributed by atoms with Gasteiger partial charge in [-0.1, -0.05) is 103 Å². The zero-order valence-corrected chi connectivity index (χ0v) is 20.2. The highest BCUT2D eigenvalue weighted by Gasteiger charge is 2.38. The van der Waals surface area contributed by atoms with Crippen molar-refractivity contribution in [3.8, 4) is 0 Å². The largest absolute Gasteiger partial charge is 0.0530 e. The van der Waals surface area contributed by atoms with Crippen LogP contribution in [-0.4, -0.2) is 0 Å². The Morgan fingerprint density at radius 1 is 0.333 bits per heavy atom. The van der Waals surface area contributed by atoms with Gasteiger partial charge in [-0.3, -0.25) is 0 Å². The maximum Gasteiger partial charge on any atom is -0.0383 e. The zero-order chi connectivity index (χ0) is 20.2. The molecule has 0 heteroatoms. The Morgan fingerprint density at radius 2 is 0.733 bits per heavy atom. The third-order valence-electron chi connectivity index (χ3n) is 11.3. The van der Waals surface area contributed by atoms with Gasteiger partial charge in [-0.25, -0.2) is 0 Å². The van der Waals surface area contributed by atoms with Gasteiger partial charge in [-0.2, -0.15) is 0 Å². The average molecular weight is 413 g/mol. The van der Waals surface area contributed by atoms with Gasteiger partial charge in [0.05, 0.1) is 0 Å². The first-order valence-electron chi connectivity index (χ1n) is 14.8. The van der Waals surface area contributed by atoms with Crippen LogP contribution in [0.1, 0.15) is 141 Å². The molecule has 0 spiro atoms. The van der Waals surface area contributed by atoms with E-state index in [1.807, 2.05) is 0 Å². The second-order valence-corrected chi connectivity index (χ2v) is 12.9. The number of fused-ring (bicyclic) bond motifs is 1. The molecule has 0 aromatic carbocycles. The fraction of sp³-hybridized carbons (Fsp3) is 1.00. The fourth-order valence-electron chi connectivity index (χ4n) is 9.40. The topological polar surface area (TPSA) is 0 Å². The van der Waals surface area contributed by atoms with Crippen molar-refractivity contribution in [1.82, 2.24) is 0 Å². The maximum absolute atomic E-state index is 1.64. The first-order chi connectivity index (χ1) is 14.8. The second-order valence-electron chi connectivity index (χ2n) is 12.9. The third kappa shape index (κ3) is 5.49. The molecule has 5 saturated carbocycles. The molecule has 5 rings (SSSR count). The van der Waals surface area contributed by atoms with Gasteiger partial charge in [-0.15, -0.1) is 0 Å². The van der Waals surface area contributed by atoms with E-state index in [1.165, 1.54) is 12.8 Å². The van der Waals surface area contributed by atoms with Gasteiger partial charge in [0.2, 0.25) is 0 Å². The summed E-state index contributed by atoms with van der Waals surface area (Å²) in [5.41, 5.74) is 0. The van der Waals surface area contributed by atoms with E-state index in [2.05, 4.69) is 0 Å². The molecule has 0 amide bonds. The summed E-state index contributed by atoms with van der Waals surface area (Å²) in [6, 6.07) is 0. The summed E-state index contributed by atoms with van der Waals surface area (Å²) >= 11 is 0. The Bertz CT molecular complexity index is 494. The molecule has 0 aromatic heterocycles. The Kier molecular flexibility index (Phi) is 7.82. The molecule has 0 radical (unpaired) electrons. The minimum atomic E-state index is 1.10. The molecular formula is C30H52. The van der Waals surface area contributed by atoms with Crippen molar-refractivity contribution in [1.29, 1.82) is 0 Å². The molecule has 5 aliphatic rings. The van der Waals surface area contributed by atoms with Crippen LogP contribution in [0.3, 0.4) is 0 Å². The highest BCUT2D eigenvalue weighted by Crippen LogP contribution is 2.50. The van der Waals surface area contributed by atoms with E-state index in [4.69, 9.17) is 0 Å². The van der Waals surface area contributed by atoms with E-state index in [1.54, 1.807) is 128 Å². The summed E-state index contributed by atoms with van der Waals surface area (Å²) in [5, 5.41) is 0. The molecule has 0 nitrogen and oxygen atoms in total. The normalized spacial score (nSPS) is 43.4. The summed E-state index contributed by atoms with van der Waals surface area (Å²) in [5.74, 6) is 8.97. The first kappa shape index (κ1) is 21.8. The van der Waals surface area contributed by atoms with E-state index >= 15 is 0 Å². The van der Waals surface area contributed by atoms with Crippen LogP contribution in [0.25, 0.3) is 0 Å². The van der Waals surface area contributed by atoms with Crippen LogP contribution in [0, 0.1) is 47.3 Å². The molecule has 172 valence electrons. The predicted octanol–water partition coefficient (Wildman–Crippen LogP) is 9.57. The zero-order valence-electron chi connectivity index (χ0n) is 20.2. The molecule has 5 aliphatic carbocycles. The maximum atomic E-state index is 1.64. The Hall–Kier alpha value is 0. The van der Waals surface area contributed by atoms with Crippen LogP contribution < -0.4 is 0 Å². The number of hydrogen-bond donors (Lipinski definition) is 0. The van der Waals surface area contributed by atoms with E-state index in [9.17, 15) is 0 Å². The van der Waals surface area contributed by atoms with Gasteiger partial charge >= 0.3 is 0 Å². The average Bonchev–Trinajstić information content (AvgIpc) is 3.33. The van der Waals surface area contributed by atoms with E-state index in [-0.39, 0.29) is 0 Å². The molecule has 5 unspecified atom stereocenters. The van der Waals surface area contributed by atoms with E-state index in [0.29, 0.717) is 0 Å². The number of hydrogen-bond acceptors (Lipinski definition) is 0. The van der Waals surface area contributed by atoms with Crippen LogP contribution in [0.2, 0.25) is 0 Å². The molecule has 0 bridgehead atoms. The molecule has 5 atom stereocenters. The fourth-order valence-corrected chi connectivity index (χ4v) is 9.40. The summed E-state index contributed by atoms with van der Waals surface area (Å²) in [6.07, 6.45) is 34.7. The lowest BCUT2D eigenvalue weighted by Crippen LogP contribution is -2.34. The molecule has 5 fully saturated rings. The molecule has 0 saturated heterocycles. The Balaban J connectivity index is 1.03. The quantitative estimate of drug-likeness (QED) is 0.407. The van der Waals surface area contributed by atoms with Crippen molar-refractivity contribution in [3.05, 3.63) is 0 Å². The third-order valence-corrected chi connectivity index (χ3v) is 11.3. The lowest BCUT2D eigenvalue weighted by atomic mass is 9.60. The monoisotopic (exact) mass is 412 g/mol. The van der Waals surface area contributed by atoms with Crippen LogP contribution in [-0.2, 0) is 0 Å². The van der Waals surface area contributed by atoms with Crippen molar-refractivity contribution in [3.63, 3.8) is 0 Å². The van der Waals surface area contributed by atoms with E-state index < -0.39 is 0 Å². The minimum absolute atomic E-state index is 1.10. The van der Waals surface area contributed by atoms with Crippen LogP contribution in [0.15, 0.2) is 0 Å². The Morgan fingerprint density at radius 3 is 1.43 bits per heavy atom. The summed E-state index contributed by atoms with van der Waals surface area (Å²) < 4.78 is 0. The van der Waals surface area contributed by atoms with Crippen molar-refractivity contribution in [2.24, 2.45) is 47.3 Å². The van der Waals surface area contributed by atoms with Gasteiger partial charge in [0.15, 0.2) is 0 Å².